The van der Waals surface area contributed by atoms with Gasteiger partial charge in [0, 0.05) is 29.7 Å². The van der Waals surface area contributed by atoms with Gasteiger partial charge in [-0.3, -0.25) is 9.59 Å². The van der Waals surface area contributed by atoms with Gasteiger partial charge in [0.1, 0.15) is 6.04 Å². The number of benzene rings is 2. The lowest BCUT2D eigenvalue weighted by Gasteiger charge is -2.32. The number of nitrogens with one attached hydrogen (secondary N) is 2. The number of carbonyl (C=O) groups excluding carboxylic acids is 2. The molecule has 1 saturated heterocycles. The molecule has 1 heterocycles. The van der Waals surface area contributed by atoms with Gasteiger partial charge in [-0.1, -0.05) is 49.2 Å². The van der Waals surface area contributed by atoms with Gasteiger partial charge in [0.25, 0.3) is 0 Å². The number of anilines is 1. The Bertz CT molecular complexity index is 1140. The van der Waals surface area contributed by atoms with Gasteiger partial charge >= 0.3 is 0 Å². The van der Waals surface area contributed by atoms with Crippen molar-refractivity contribution in [2.45, 2.75) is 51.5 Å². The van der Waals surface area contributed by atoms with E-state index < -0.39 is 16.1 Å². The maximum absolute atomic E-state index is 13.0. The Morgan fingerprint density at radius 3 is 2.21 bits per heavy atom. The number of rotatable bonds is 7. The molecule has 2 N–H and O–H groups in total. The summed E-state index contributed by atoms with van der Waals surface area (Å²) >= 11 is 6.15. The number of carbonyl (C=O) groups is 2. The molecule has 0 saturated carbocycles. The summed E-state index contributed by atoms with van der Waals surface area (Å²) in [4.78, 5) is 26.1. The normalized spacial score (nSPS) is 16.3. The molecular formula is C25H32ClN3O4S. The molecule has 0 aromatic heterocycles. The van der Waals surface area contributed by atoms with Crippen molar-refractivity contribution in [3.8, 4) is 0 Å². The molecule has 7 nitrogen and oxygen atoms in total. The van der Waals surface area contributed by atoms with E-state index in [0.29, 0.717) is 23.6 Å². The lowest BCUT2D eigenvalue weighted by molar-refractivity contribution is -0.130. The molecular weight excluding hydrogens is 474 g/mol. The molecule has 34 heavy (non-hydrogen) atoms. The topological polar surface area (TPSA) is 95.6 Å². The first-order chi connectivity index (χ1) is 16.0. The van der Waals surface area contributed by atoms with Crippen LogP contribution in [-0.2, 0) is 19.6 Å². The standard InChI is InChI=1S/C25H32ClN3O4S/c1-16(2)23(25(31)27-20-8-7-18(4)22(26)15-20)28-24(30)19-11-13-29(14-12-19)34(32,33)21-9-5-17(3)6-10-21/h5-10,15-16,19,23H,11-14H2,1-4H3,(H,27,31)(H,28,30). The van der Waals surface area contributed by atoms with Crippen LogP contribution in [0.2, 0.25) is 5.02 Å². The van der Waals surface area contributed by atoms with Crippen LogP contribution in [0.1, 0.15) is 37.8 Å². The highest BCUT2D eigenvalue weighted by atomic mass is 35.5. The van der Waals surface area contributed by atoms with Gasteiger partial charge in [-0.2, -0.15) is 4.31 Å². The average molecular weight is 506 g/mol. The fourth-order valence-corrected chi connectivity index (χ4v) is 5.56. The SMILES string of the molecule is Cc1ccc(S(=O)(=O)N2CCC(C(=O)NC(C(=O)Nc3ccc(C)c(Cl)c3)C(C)C)CC2)cc1. The molecule has 1 aliphatic heterocycles. The minimum atomic E-state index is -3.59. The van der Waals surface area contributed by atoms with Gasteiger partial charge in [0.15, 0.2) is 0 Å². The Kier molecular flexibility index (Phi) is 8.38. The summed E-state index contributed by atoms with van der Waals surface area (Å²) in [5, 5.41) is 6.25. The molecule has 1 fully saturated rings. The second-order valence-electron chi connectivity index (χ2n) is 9.17. The molecule has 0 radical (unpaired) electrons. The Labute approximate surface area is 206 Å². The van der Waals surface area contributed by atoms with E-state index in [1.165, 1.54) is 4.31 Å². The van der Waals surface area contributed by atoms with E-state index in [0.717, 1.165) is 11.1 Å². The maximum Gasteiger partial charge on any atom is 0.247 e. The van der Waals surface area contributed by atoms with Crippen molar-refractivity contribution in [3.05, 3.63) is 58.6 Å². The number of piperidine rings is 1. The molecule has 0 bridgehead atoms. The third-order valence-electron chi connectivity index (χ3n) is 6.17. The predicted molar refractivity (Wildman–Crippen MR) is 134 cm³/mol. The summed E-state index contributed by atoms with van der Waals surface area (Å²) in [6.07, 6.45) is 0.799. The summed E-state index contributed by atoms with van der Waals surface area (Å²) in [7, 11) is -3.59. The lowest BCUT2D eigenvalue weighted by Crippen LogP contribution is -2.50. The second kappa shape index (κ2) is 10.9. The zero-order valence-corrected chi connectivity index (χ0v) is 21.5. The molecule has 3 rings (SSSR count). The number of nitrogens with zero attached hydrogens (tertiary/aromatic N) is 1. The number of sulfonamides is 1. The molecule has 184 valence electrons. The van der Waals surface area contributed by atoms with Gasteiger partial charge in [-0.25, -0.2) is 8.42 Å². The number of aryl methyl sites for hydroxylation is 2. The van der Waals surface area contributed by atoms with Crippen molar-refractivity contribution in [1.29, 1.82) is 0 Å². The third kappa shape index (κ3) is 6.17. The summed E-state index contributed by atoms with van der Waals surface area (Å²) in [6, 6.07) is 11.3. The fraction of sp³-hybridized carbons (Fsp3) is 0.440. The molecule has 2 amide bonds. The highest BCUT2D eigenvalue weighted by Crippen LogP contribution is 2.25. The van der Waals surface area contributed by atoms with Crippen LogP contribution >= 0.6 is 11.6 Å². The Balaban J connectivity index is 1.60. The average Bonchev–Trinajstić information content (AvgIpc) is 2.79. The Morgan fingerprint density at radius 1 is 1.03 bits per heavy atom. The fourth-order valence-electron chi connectivity index (χ4n) is 3.91. The van der Waals surface area contributed by atoms with Gasteiger partial charge in [-0.15, -0.1) is 0 Å². The Morgan fingerprint density at radius 2 is 1.65 bits per heavy atom. The second-order valence-corrected chi connectivity index (χ2v) is 11.5. The molecule has 1 unspecified atom stereocenters. The van der Waals surface area contributed by atoms with E-state index in [-0.39, 0.29) is 41.6 Å². The monoisotopic (exact) mass is 505 g/mol. The smallest absolute Gasteiger partial charge is 0.247 e. The highest BCUT2D eigenvalue weighted by Gasteiger charge is 2.34. The van der Waals surface area contributed by atoms with Crippen molar-refractivity contribution < 1.29 is 18.0 Å². The quantitative estimate of drug-likeness (QED) is 0.591. The number of amides is 2. The van der Waals surface area contributed by atoms with Gasteiger partial charge in [-0.05, 0) is 62.4 Å². The van der Waals surface area contributed by atoms with E-state index in [1.807, 2.05) is 33.8 Å². The van der Waals surface area contributed by atoms with Crippen LogP contribution in [0, 0.1) is 25.7 Å². The van der Waals surface area contributed by atoms with Crippen LogP contribution in [-0.4, -0.2) is 43.7 Å². The molecule has 1 atom stereocenters. The first kappa shape index (κ1) is 26.2. The summed E-state index contributed by atoms with van der Waals surface area (Å²) in [6.45, 7) is 8.03. The molecule has 0 spiro atoms. The Hall–Kier alpha value is -2.42. The van der Waals surface area contributed by atoms with E-state index in [9.17, 15) is 18.0 Å². The minimum absolute atomic E-state index is 0.133. The maximum atomic E-state index is 13.0. The zero-order valence-electron chi connectivity index (χ0n) is 20.0. The van der Waals surface area contributed by atoms with E-state index in [4.69, 9.17) is 11.6 Å². The highest BCUT2D eigenvalue weighted by molar-refractivity contribution is 7.89. The van der Waals surface area contributed by atoms with Crippen molar-refractivity contribution in [2.24, 2.45) is 11.8 Å². The summed E-state index contributed by atoms with van der Waals surface area (Å²) < 4.78 is 27.3. The third-order valence-corrected chi connectivity index (χ3v) is 8.49. The van der Waals surface area contributed by atoms with Crippen LogP contribution in [0.3, 0.4) is 0 Å². The van der Waals surface area contributed by atoms with Crippen molar-refractivity contribution in [3.63, 3.8) is 0 Å². The first-order valence-electron chi connectivity index (χ1n) is 11.4. The predicted octanol–water partition coefficient (Wildman–Crippen LogP) is 4.14. The number of hydrogen-bond acceptors (Lipinski definition) is 4. The van der Waals surface area contributed by atoms with Crippen LogP contribution in [0.15, 0.2) is 47.4 Å². The first-order valence-corrected chi connectivity index (χ1v) is 13.2. The van der Waals surface area contributed by atoms with E-state index >= 15 is 0 Å². The van der Waals surface area contributed by atoms with Crippen LogP contribution in [0.5, 0.6) is 0 Å². The van der Waals surface area contributed by atoms with E-state index in [2.05, 4.69) is 10.6 Å². The molecule has 1 aliphatic rings. The molecule has 9 heteroatoms. The van der Waals surface area contributed by atoms with Crippen LogP contribution < -0.4 is 10.6 Å². The number of halogens is 1. The molecule has 2 aromatic rings. The zero-order chi connectivity index (χ0) is 25.0. The van der Waals surface area contributed by atoms with Crippen LogP contribution in [0.25, 0.3) is 0 Å². The summed E-state index contributed by atoms with van der Waals surface area (Å²) in [5.41, 5.74) is 2.46. The lowest BCUT2D eigenvalue weighted by atomic mass is 9.95. The van der Waals surface area contributed by atoms with Crippen molar-refractivity contribution in [2.75, 3.05) is 18.4 Å². The molecule has 2 aromatic carbocycles. The minimum Gasteiger partial charge on any atom is -0.344 e. The van der Waals surface area contributed by atoms with Crippen LogP contribution in [0.4, 0.5) is 5.69 Å². The summed E-state index contributed by atoms with van der Waals surface area (Å²) in [5.74, 6) is -1.04. The van der Waals surface area contributed by atoms with Gasteiger partial charge in [0.2, 0.25) is 21.8 Å². The van der Waals surface area contributed by atoms with Crippen molar-refractivity contribution >= 4 is 39.1 Å². The van der Waals surface area contributed by atoms with Gasteiger partial charge in [0.05, 0.1) is 4.90 Å². The van der Waals surface area contributed by atoms with Gasteiger partial charge < -0.3 is 10.6 Å². The number of hydrogen-bond donors (Lipinski definition) is 2. The van der Waals surface area contributed by atoms with E-state index in [1.54, 1.807) is 36.4 Å². The van der Waals surface area contributed by atoms with Crippen molar-refractivity contribution in [1.82, 2.24) is 9.62 Å². The molecule has 0 aliphatic carbocycles. The largest absolute Gasteiger partial charge is 0.344 e.